The molecule has 0 bridgehead atoms. The van der Waals surface area contributed by atoms with Crippen molar-refractivity contribution in [2.45, 2.75) is 46.5 Å². The molecule has 16 heavy (non-hydrogen) atoms. The number of hydrogen-bond acceptors (Lipinski definition) is 1. The first kappa shape index (κ1) is 11.4. The summed E-state index contributed by atoms with van der Waals surface area (Å²) in [7, 11) is 0. The first-order valence-corrected chi connectivity index (χ1v) is 6.33. The molecule has 0 saturated carbocycles. The Balaban J connectivity index is 2.22. The minimum absolute atomic E-state index is 0.274. The van der Waals surface area contributed by atoms with Crippen molar-refractivity contribution in [1.82, 2.24) is 4.90 Å². The SMILES string of the molecule is CCC1=C(C)C(C(=O)N2CCCC2)=C(C)C1. The molecule has 1 aliphatic heterocycles. The van der Waals surface area contributed by atoms with Gasteiger partial charge in [0.05, 0.1) is 0 Å². The lowest BCUT2D eigenvalue weighted by molar-refractivity contribution is -0.125. The van der Waals surface area contributed by atoms with Gasteiger partial charge in [-0.15, -0.1) is 0 Å². The Morgan fingerprint density at radius 3 is 2.38 bits per heavy atom. The van der Waals surface area contributed by atoms with Crippen molar-refractivity contribution in [3.8, 4) is 0 Å². The second-order valence-electron chi connectivity index (χ2n) is 4.91. The minimum Gasteiger partial charge on any atom is -0.339 e. The summed E-state index contributed by atoms with van der Waals surface area (Å²) in [5.41, 5.74) is 4.97. The van der Waals surface area contributed by atoms with Crippen LogP contribution in [0.25, 0.3) is 0 Å². The van der Waals surface area contributed by atoms with Crippen LogP contribution in [0.1, 0.15) is 46.5 Å². The van der Waals surface area contributed by atoms with E-state index in [1.165, 1.54) is 29.6 Å². The first-order valence-electron chi connectivity index (χ1n) is 6.33. The van der Waals surface area contributed by atoms with Crippen LogP contribution in [0, 0.1) is 0 Å². The Labute approximate surface area is 98.0 Å². The highest BCUT2D eigenvalue weighted by atomic mass is 16.2. The molecular weight excluding hydrogens is 198 g/mol. The van der Waals surface area contributed by atoms with Crippen LogP contribution in [0.2, 0.25) is 0 Å². The Hall–Kier alpha value is -1.05. The van der Waals surface area contributed by atoms with Crippen LogP contribution in [0.3, 0.4) is 0 Å². The molecule has 1 saturated heterocycles. The number of hydrogen-bond donors (Lipinski definition) is 0. The molecule has 0 aromatic heterocycles. The van der Waals surface area contributed by atoms with E-state index in [1.807, 2.05) is 4.90 Å². The lowest BCUT2D eigenvalue weighted by atomic mass is 10.1. The Morgan fingerprint density at radius 1 is 1.25 bits per heavy atom. The zero-order valence-electron chi connectivity index (χ0n) is 10.6. The molecule has 0 spiro atoms. The van der Waals surface area contributed by atoms with Crippen molar-refractivity contribution in [3.63, 3.8) is 0 Å². The molecule has 1 amide bonds. The summed E-state index contributed by atoms with van der Waals surface area (Å²) in [5.74, 6) is 0.274. The van der Waals surface area contributed by atoms with Gasteiger partial charge < -0.3 is 4.90 Å². The van der Waals surface area contributed by atoms with Crippen molar-refractivity contribution >= 4 is 5.91 Å². The maximum absolute atomic E-state index is 12.4. The summed E-state index contributed by atoms with van der Waals surface area (Å²) < 4.78 is 0. The van der Waals surface area contributed by atoms with E-state index in [9.17, 15) is 4.79 Å². The molecule has 1 heterocycles. The fraction of sp³-hybridized carbons (Fsp3) is 0.643. The highest BCUT2D eigenvalue weighted by Crippen LogP contribution is 2.35. The smallest absolute Gasteiger partial charge is 0.254 e. The molecule has 2 rings (SSSR count). The highest BCUT2D eigenvalue weighted by Gasteiger charge is 2.28. The van der Waals surface area contributed by atoms with E-state index in [4.69, 9.17) is 0 Å². The molecule has 1 fully saturated rings. The van der Waals surface area contributed by atoms with Gasteiger partial charge in [0.15, 0.2) is 0 Å². The topological polar surface area (TPSA) is 20.3 Å². The van der Waals surface area contributed by atoms with Crippen molar-refractivity contribution in [3.05, 3.63) is 22.3 Å². The number of amides is 1. The van der Waals surface area contributed by atoms with E-state index >= 15 is 0 Å². The molecule has 0 aromatic carbocycles. The number of allylic oxidation sites excluding steroid dienone is 2. The monoisotopic (exact) mass is 219 g/mol. The molecule has 0 atom stereocenters. The van der Waals surface area contributed by atoms with E-state index in [2.05, 4.69) is 20.8 Å². The number of carbonyl (C=O) groups excluding carboxylic acids is 1. The third-order valence-electron chi connectivity index (χ3n) is 3.84. The second-order valence-corrected chi connectivity index (χ2v) is 4.91. The summed E-state index contributed by atoms with van der Waals surface area (Å²) in [6.45, 7) is 8.29. The maximum Gasteiger partial charge on any atom is 0.254 e. The zero-order chi connectivity index (χ0) is 11.7. The van der Waals surface area contributed by atoms with Crippen LogP contribution in [0.5, 0.6) is 0 Å². The normalized spacial score (nSPS) is 21.3. The predicted octanol–water partition coefficient (Wildman–Crippen LogP) is 3.06. The third-order valence-corrected chi connectivity index (χ3v) is 3.84. The van der Waals surface area contributed by atoms with Gasteiger partial charge in [-0.05, 0) is 45.1 Å². The van der Waals surface area contributed by atoms with Crippen LogP contribution in [0.4, 0.5) is 0 Å². The van der Waals surface area contributed by atoms with Gasteiger partial charge in [-0.3, -0.25) is 4.79 Å². The standard InChI is InChI=1S/C14H21NO/c1-4-12-9-10(2)13(11(12)3)14(16)15-7-5-6-8-15/h4-9H2,1-3H3. The van der Waals surface area contributed by atoms with Gasteiger partial charge in [0.25, 0.3) is 5.91 Å². The minimum atomic E-state index is 0.274. The van der Waals surface area contributed by atoms with Gasteiger partial charge in [0.2, 0.25) is 0 Å². The molecule has 0 aromatic rings. The molecule has 0 unspecified atom stereocenters. The van der Waals surface area contributed by atoms with Crippen LogP contribution in [0.15, 0.2) is 22.3 Å². The Bertz CT molecular complexity index is 370. The Morgan fingerprint density at radius 2 is 1.88 bits per heavy atom. The molecular formula is C14H21NO. The van der Waals surface area contributed by atoms with Gasteiger partial charge in [0.1, 0.15) is 0 Å². The van der Waals surface area contributed by atoms with Crippen molar-refractivity contribution < 1.29 is 4.79 Å². The molecule has 1 aliphatic carbocycles. The third kappa shape index (κ3) is 1.81. The largest absolute Gasteiger partial charge is 0.339 e. The molecule has 2 nitrogen and oxygen atoms in total. The number of likely N-dealkylation sites (tertiary alicyclic amines) is 1. The average Bonchev–Trinajstić information content (AvgIpc) is 2.86. The molecule has 2 heteroatoms. The van der Waals surface area contributed by atoms with E-state index in [0.29, 0.717) is 0 Å². The summed E-state index contributed by atoms with van der Waals surface area (Å²) in [6, 6.07) is 0. The van der Waals surface area contributed by atoms with Gasteiger partial charge in [-0.2, -0.15) is 0 Å². The zero-order valence-corrected chi connectivity index (χ0v) is 10.6. The first-order chi connectivity index (χ1) is 7.65. The van der Waals surface area contributed by atoms with E-state index in [0.717, 1.165) is 31.5 Å². The highest BCUT2D eigenvalue weighted by molar-refractivity contribution is 5.99. The van der Waals surface area contributed by atoms with Gasteiger partial charge in [0, 0.05) is 18.7 Å². The van der Waals surface area contributed by atoms with Crippen molar-refractivity contribution in [2.75, 3.05) is 13.1 Å². The van der Waals surface area contributed by atoms with Crippen molar-refractivity contribution in [2.24, 2.45) is 0 Å². The summed E-state index contributed by atoms with van der Waals surface area (Å²) in [5, 5.41) is 0. The lowest BCUT2D eigenvalue weighted by Gasteiger charge is -2.17. The molecule has 88 valence electrons. The summed E-state index contributed by atoms with van der Waals surface area (Å²) in [6.07, 6.45) is 4.42. The van der Waals surface area contributed by atoms with Gasteiger partial charge in [-0.25, -0.2) is 0 Å². The fourth-order valence-electron chi connectivity index (χ4n) is 2.85. The van der Waals surface area contributed by atoms with Crippen LogP contribution in [-0.4, -0.2) is 23.9 Å². The van der Waals surface area contributed by atoms with Crippen LogP contribution < -0.4 is 0 Å². The van der Waals surface area contributed by atoms with Gasteiger partial charge >= 0.3 is 0 Å². The van der Waals surface area contributed by atoms with E-state index in [1.54, 1.807) is 0 Å². The molecule has 0 radical (unpaired) electrons. The number of nitrogens with zero attached hydrogens (tertiary/aromatic N) is 1. The quantitative estimate of drug-likeness (QED) is 0.699. The predicted molar refractivity (Wildman–Crippen MR) is 66.1 cm³/mol. The molecule has 0 N–H and O–H groups in total. The van der Waals surface area contributed by atoms with E-state index < -0.39 is 0 Å². The second kappa shape index (κ2) is 4.44. The number of rotatable bonds is 2. The maximum atomic E-state index is 12.4. The van der Waals surface area contributed by atoms with Gasteiger partial charge in [-0.1, -0.05) is 18.1 Å². The average molecular weight is 219 g/mol. The summed E-state index contributed by atoms with van der Waals surface area (Å²) in [4.78, 5) is 14.4. The Kier molecular flexibility index (Phi) is 3.17. The van der Waals surface area contributed by atoms with Crippen LogP contribution >= 0.6 is 0 Å². The lowest BCUT2D eigenvalue weighted by Crippen LogP contribution is -2.29. The fourth-order valence-corrected chi connectivity index (χ4v) is 2.85. The molecule has 2 aliphatic rings. The van der Waals surface area contributed by atoms with Crippen LogP contribution in [-0.2, 0) is 4.79 Å². The van der Waals surface area contributed by atoms with Crippen molar-refractivity contribution in [1.29, 1.82) is 0 Å². The van der Waals surface area contributed by atoms with E-state index in [-0.39, 0.29) is 5.91 Å². The summed E-state index contributed by atoms with van der Waals surface area (Å²) >= 11 is 0. The number of carbonyl (C=O) groups is 1.